The van der Waals surface area contributed by atoms with Crippen LogP contribution in [-0.2, 0) is 11.2 Å². The minimum Gasteiger partial charge on any atom is -0.353 e. The number of thiophene rings is 1. The number of rotatable bonds is 2. The zero-order valence-corrected chi connectivity index (χ0v) is 13.3. The third kappa shape index (κ3) is 3.35. The van der Waals surface area contributed by atoms with Gasteiger partial charge < -0.3 is 11.1 Å². The van der Waals surface area contributed by atoms with E-state index < -0.39 is 0 Å². The summed E-state index contributed by atoms with van der Waals surface area (Å²) in [7, 11) is 0. The lowest BCUT2D eigenvalue weighted by Crippen LogP contribution is -2.42. The molecule has 1 heterocycles. The number of aryl methyl sites for hydroxylation is 1. The quantitative estimate of drug-likeness (QED) is 0.881. The summed E-state index contributed by atoms with van der Waals surface area (Å²) in [5, 5.41) is 5.37. The predicted molar refractivity (Wildman–Crippen MR) is 85.6 cm³/mol. The molecule has 3 rings (SSSR count). The molecule has 0 radical (unpaired) electrons. The third-order valence-corrected chi connectivity index (χ3v) is 5.48. The van der Waals surface area contributed by atoms with Gasteiger partial charge in [-0.1, -0.05) is 0 Å². The van der Waals surface area contributed by atoms with Crippen molar-refractivity contribution >= 4 is 29.7 Å². The first kappa shape index (κ1) is 15.8. The zero-order valence-electron chi connectivity index (χ0n) is 11.6. The van der Waals surface area contributed by atoms with Gasteiger partial charge in [-0.15, -0.1) is 23.7 Å². The van der Waals surface area contributed by atoms with E-state index in [2.05, 4.69) is 16.8 Å². The van der Waals surface area contributed by atoms with Crippen LogP contribution in [0.1, 0.15) is 54.9 Å². The van der Waals surface area contributed by atoms with Crippen LogP contribution in [0.2, 0.25) is 0 Å². The second-order valence-electron chi connectivity index (χ2n) is 5.86. The van der Waals surface area contributed by atoms with E-state index in [-0.39, 0.29) is 24.2 Å². The second-order valence-corrected chi connectivity index (χ2v) is 6.86. The molecule has 1 aromatic heterocycles. The first-order chi connectivity index (χ1) is 9.24. The second kappa shape index (κ2) is 6.92. The Morgan fingerprint density at radius 3 is 2.75 bits per heavy atom. The molecule has 3 N–H and O–H groups in total. The molecular formula is C15H23ClN2OS. The molecule has 3 nitrogen and oxygen atoms in total. The van der Waals surface area contributed by atoms with E-state index in [9.17, 15) is 4.79 Å². The molecule has 112 valence electrons. The number of amides is 1. The first-order valence-electron chi connectivity index (χ1n) is 7.36. The fourth-order valence-electron chi connectivity index (χ4n) is 3.32. The molecule has 0 aromatic carbocycles. The number of hydrogen-bond acceptors (Lipinski definition) is 3. The van der Waals surface area contributed by atoms with E-state index >= 15 is 0 Å². The molecule has 1 atom stereocenters. The summed E-state index contributed by atoms with van der Waals surface area (Å²) in [5.74, 6) is 0.324. The van der Waals surface area contributed by atoms with Gasteiger partial charge in [0.15, 0.2) is 0 Å². The fourth-order valence-corrected chi connectivity index (χ4v) is 4.31. The van der Waals surface area contributed by atoms with Crippen molar-refractivity contribution in [3.8, 4) is 0 Å². The maximum Gasteiger partial charge on any atom is 0.227 e. The Morgan fingerprint density at radius 2 is 2.00 bits per heavy atom. The zero-order chi connectivity index (χ0) is 13.2. The van der Waals surface area contributed by atoms with E-state index in [1.54, 1.807) is 11.3 Å². The molecule has 0 saturated heterocycles. The minimum atomic E-state index is 0. The number of nitrogens with one attached hydrogen (secondary N) is 1. The number of carbonyl (C=O) groups is 1. The molecular weight excluding hydrogens is 292 g/mol. The Bertz CT molecular complexity index is 454. The van der Waals surface area contributed by atoms with E-state index in [1.165, 1.54) is 10.4 Å². The molecule has 5 heteroatoms. The normalized spacial score (nSPS) is 29.1. The molecule has 2 aliphatic carbocycles. The highest BCUT2D eigenvalue weighted by Gasteiger charge is 2.29. The molecule has 20 heavy (non-hydrogen) atoms. The number of nitrogens with two attached hydrogens (primary N) is 1. The van der Waals surface area contributed by atoms with Crippen molar-refractivity contribution < 1.29 is 4.79 Å². The van der Waals surface area contributed by atoms with Crippen molar-refractivity contribution in [1.82, 2.24) is 5.32 Å². The molecule has 1 fully saturated rings. The molecule has 0 aliphatic heterocycles. The monoisotopic (exact) mass is 314 g/mol. The van der Waals surface area contributed by atoms with E-state index in [1.807, 2.05) is 0 Å². The summed E-state index contributed by atoms with van der Waals surface area (Å²) in [4.78, 5) is 13.9. The van der Waals surface area contributed by atoms with Crippen LogP contribution in [0.5, 0.6) is 0 Å². The maximum atomic E-state index is 12.5. The lowest BCUT2D eigenvalue weighted by molar-refractivity contribution is -0.123. The van der Waals surface area contributed by atoms with Gasteiger partial charge in [0.05, 0.1) is 5.92 Å². The lowest BCUT2D eigenvalue weighted by Gasteiger charge is -2.29. The van der Waals surface area contributed by atoms with Crippen LogP contribution in [0.4, 0.5) is 0 Å². The highest BCUT2D eigenvalue weighted by molar-refractivity contribution is 7.10. The molecule has 1 aromatic rings. The van der Waals surface area contributed by atoms with Crippen LogP contribution in [-0.4, -0.2) is 18.0 Å². The fraction of sp³-hybridized carbons (Fsp3) is 0.667. The lowest BCUT2D eigenvalue weighted by atomic mass is 9.86. The van der Waals surface area contributed by atoms with Crippen molar-refractivity contribution in [2.45, 2.75) is 62.9 Å². The Labute approximate surface area is 130 Å². The average molecular weight is 315 g/mol. The standard InChI is InChI=1S/C15H22N2OS.ClH/c16-10-4-6-11(7-5-10)17-15(18)13-2-1-3-14-12(13)8-9-19-14;/h8-11,13H,1-7,16H2,(H,17,18);1H. The van der Waals surface area contributed by atoms with Gasteiger partial charge in [-0.3, -0.25) is 4.79 Å². The van der Waals surface area contributed by atoms with Gasteiger partial charge in [-0.2, -0.15) is 0 Å². The van der Waals surface area contributed by atoms with Crippen LogP contribution in [0.25, 0.3) is 0 Å². The highest BCUT2D eigenvalue weighted by atomic mass is 35.5. The van der Waals surface area contributed by atoms with Crippen molar-refractivity contribution in [3.63, 3.8) is 0 Å². The minimum absolute atomic E-state index is 0. The van der Waals surface area contributed by atoms with Crippen LogP contribution in [0.15, 0.2) is 11.4 Å². The molecule has 2 aliphatic rings. The van der Waals surface area contributed by atoms with E-state index in [4.69, 9.17) is 5.73 Å². The first-order valence-corrected chi connectivity index (χ1v) is 8.24. The summed E-state index contributed by atoms with van der Waals surface area (Å²) in [5.41, 5.74) is 7.19. The molecule has 1 amide bonds. The van der Waals surface area contributed by atoms with Gasteiger partial charge in [-0.25, -0.2) is 0 Å². The Kier molecular flexibility index (Phi) is 5.47. The van der Waals surface area contributed by atoms with Crippen molar-refractivity contribution in [1.29, 1.82) is 0 Å². The number of fused-ring (bicyclic) bond motifs is 1. The van der Waals surface area contributed by atoms with Gasteiger partial charge in [0.2, 0.25) is 5.91 Å². The highest BCUT2D eigenvalue weighted by Crippen LogP contribution is 2.35. The summed E-state index contributed by atoms with van der Waals surface area (Å²) < 4.78 is 0. The van der Waals surface area contributed by atoms with E-state index in [0.29, 0.717) is 12.1 Å². The number of carbonyl (C=O) groups excluding carboxylic acids is 1. The summed E-state index contributed by atoms with van der Waals surface area (Å²) in [6, 6.07) is 2.82. The summed E-state index contributed by atoms with van der Waals surface area (Å²) in [6.07, 6.45) is 7.45. The van der Waals surface area contributed by atoms with Crippen LogP contribution in [0, 0.1) is 0 Å². The third-order valence-electron chi connectivity index (χ3n) is 4.49. The van der Waals surface area contributed by atoms with E-state index in [0.717, 1.165) is 44.9 Å². The average Bonchev–Trinajstić information content (AvgIpc) is 2.89. The van der Waals surface area contributed by atoms with Gasteiger partial charge in [0, 0.05) is 17.0 Å². The van der Waals surface area contributed by atoms with Crippen LogP contribution >= 0.6 is 23.7 Å². The summed E-state index contributed by atoms with van der Waals surface area (Å²) in [6.45, 7) is 0. The smallest absolute Gasteiger partial charge is 0.227 e. The Hall–Kier alpha value is -0.580. The topological polar surface area (TPSA) is 55.1 Å². The van der Waals surface area contributed by atoms with Crippen molar-refractivity contribution in [2.24, 2.45) is 5.73 Å². The SMILES string of the molecule is Cl.NC1CCC(NC(=O)C2CCCc3sccc32)CC1. The molecule has 0 bridgehead atoms. The molecule has 1 saturated carbocycles. The predicted octanol–water partition coefficient (Wildman–Crippen LogP) is 2.98. The number of halogens is 1. The van der Waals surface area contributed by atoms with Crippen LogP contribution < -0.4 is 11.1 Å². The van der Waals surface area contributed by atoms with Gasteiger partial charge in [-0.05, 0) is 62.0 Å². The number of hydrogen-bond donors (Lipinski definition) is 2. The summed E-state index contributed by atoms with van der Waals surface area (Å²) >= 11 is 1.80. The Balaban J connectivity index is 0.00000147. The molecule has 1 unspecified atom stereocenters. The maximum absolute atomic E-state index is 12.5. The van der Waals surface area contributed by atoms with Crippen molar-refractivity contribution in [2.75, 3.05) is 0 Å². The largest absolute Gasteiger partial charge is 0.353 e. The molecule has 0 spiro atoms. The van der Waals surface area contributed by atoms with Gasteiger partial charge in [0.25, 0.3) is 0 Å². The van der Waals surface area contributed by atoms with Crippen molar-refractivity contribution in [3.05, 3.63) is 21.9 Å². The van der Waals surface area contributed by atoms with Crippen LogP contribution in [0.3, 0.4) is 0 Å². The van der Waals surface area contributed by atoms with Gasteiger partial charge >= 0.3 is 0 Å². The van der Waals surface area contributed by atoms with Gasteiger partial charge in [0.1, 0.15) is 0 Å². The Morgan fingerprint density at radius 1 is 1.25 bits per heavy atom.